The summed E-state index contributed by atoms with van der Waals surface area (Å²) >= 11 is 0. The van der Waals surface area contributed by atoms with Crippen LogP contribution in [-0.4, -0.2) is 11.3 Å². The number of aldehydes is 1. The van der Waals surface area contributed by atoms with Gasteiger partial charge in [-0.25, -0.2) is 0 Å². The molecule has 0 saturated carbocycles. The second-order valence-corrected chi connectivity index (χ2v) is 3.92. The van der Waals surface area contributed by atoms with Crippen LogP contribution in [0.25, 0.3) is 0 Å². The maximum Gasteiger partial charge on any atom is 0.234 e. The number of rotatable bonds is 4. The van der Waals surface area contributed by atoms with Crippen LogP contribution >= 0.6 is 0 Å². The molecule has 0 spiro atoms. The highest BCUT2D eigenvalue weighted by Crippen LogP contribution is 2.12. The first-order valence-electron chi connectivity index (χ1n) is 5.56. The van der Waals surface area contributed by atoms with Crippen molar-refractivity contribution in [1.82, 2.24) is 4.98 Å². The number of nitrogens with one attached hydrogen (secondary N) is 1. The van der Waals surface area contributed by atoms with E-state index in [4.69, 9.17) is 4.74 Å². The molecule has 1 aromatic carbocycles. The van der Waals surface area contributed by atoms with Crippen molar-refractivity contribution in [3.63, 3.8) is 0 Å². The molecule has 1 aromatic heterocycles. The number of hydrogen-bond donors (Lipinski definition) is 1. The summed E-state index contributed by atoms with van der Waals surface area (Å²) in [6.07, 6.45) is 1.91. The largest absolute Gasteiger partial charge is 0.483 e. The summed E-state index contributed by atoms with van der Waals surface area (Å²) in [5, 5.41) is 0. The Morgan fingerprint density at radius 2 is 2.00 bits per heavy atom. The molecule has 0 aliphatic heterocycles. The average Bonchev–Trinajstić information content (AvgIpc) is 2.40. The van der Waals surface area contributed by atoms with Crippen molar-refractivity contribution < 1.29 is 9.53 Å². The highest BCUT2D eigenvalue weighted by molar-refractivity contribution is 5.74. The Bertz CT molecular complexity index is 602. The van der Waals surface area contributed by atoms with E-state index in [1.165, 1.54) is 6.20 Å². The molecule has 18 heavy (non-hydrogen) atoms. The van der Waals surface area contributed by atoms with Crippen LogP contribution in [0.15, 0.2) is 41.3 Å². The quantitative estimate of drug-likeness (QED) is 0.836. The van der Waals surface area contributed by atoms with Gasteiger partial charge in [0.2, 0.25) is 5.43 Å². The molecule has 0 aliphatic rings. The normalized spacial score (nSPS) is 10.1. The van der Waals surface area contributed by atoms with Gasteiger partial charge in [0.05, 0.1) is 11.3 Å². The number of carbonyl (C=O) groups is 1. The van der Waals surface area contributed by atoms with Gasteiger partial charge in [-0.1, -0.05) is 30.3 Å². The first kappa shape index (κ1) is 12.1. The van der Waals surface area contributed by atoms with Crippen LogP contribution < -0.4 is 10.2 Å². The summed E-state index contributed by atoms with van der Waals surface area (Å²) in [5.74, 6) is 0.198. The number of benzene rings is 1. The molecule has 0 fully saturated rings. The Morgan fingerprint density at radius 1 is 1.28 bits per heavy atom. The minimum absolute atomic E-state index is 0.0728. The Kier molecular flexibility index (Phi) is 3.57. The predicted molar refractivity (Wildman–Crippen MR) is 68.0 cm³/mol. The van der Waals surface area contributed by atoms with Crippen molar-refractivity contribution in [3.8, 4) is 5.75 Å². The van der Waals surface area contributed by atoms with Gasteiger partial charge in [-0.2, -0.15) is 0 Å². The number of aromatic amines is 1. The van der Waals surface area contributed by atoms with Crippen LogP contribution in [0.2, 0.25) is 0 Å². The van der Waals surface area contributed by atoms with Gasteiger partial charge < -0.3 is 9.72 Å². The van der Waals surface area contributed by atoms with E-state index in [-0.39, 0.29) is 16.7 Å². The first-order chi connectivity index (χ1) is 8.72. The molecule has 0 atom stereocenters. The van der Waals surface area contributed by atoms with Crippen LogP contribution in [0.3, 0.4) is 0 Å². The lowest BCUT2D eigenvalue weighted by atomic mass is 10.2. The van der Waals surface area contributed by atoms with E-state index in [9.17, 15) is 9.59 Å². The molecule has 0 unspecified atom stereocenters. The summed E-state index contributed by atoms with van der Waals surface area (Å²) < 4.78 is 5.49. The zero-order valence-electron chi connectivity index (χ0n) is 9.97. The van der Waals surface area contributed by atoms with Crippen LogP contribution in [0.5, 0.6) is 5.75 Å². The maximum atomic E-state index is 11.9. The van der Waals surface area contributed by atoms with E-state index in [0.29, 0.717) is 18.6 Å². The number of pyridine rings is 1. The lowest BCUT2D eigenvalue weighted by Crippen LogP contribution is -2.15. The first-order valence-corrected chi connectivity index (χ1v) is 5.56. The zero-order chi connectivity index (χ0) is 13.0. The van der Waals surface area contributed by atoms with Crippen molar-refractivity contribution in [1.29, 1.82) is 0 Å². The van der Waals surface area contributed by atoms with Crippen LogP contribution in [0, 0.1) is 6.92 Å². The van der Waals surface area contributed by atoms with Crippen molar-refractivity contribution in [2.45, 2.75) is 13.5 Å². The lowest BCUT2D eigenvalue weighted by Gasteiger charge is -2.08. The van der Waals surface area contributed by atoms with Gasteiger partial charge in [-0.15, -0.1) is 0 Å². The number of aryl methyl sites for hydroxylation is 1. The minimum atomic E-state index is -0.378. The predicted octanol–water partition coefficient (Wildman–Crippen LogP) is 2.07. The van der Waals surface area contributed by atoms with Crippen molar-refractivity contribution in [2.75, 3.05) is 0 Å². The summed E-state index contributed by atoms with van der Waals surface area (Å²) in [7, 11) is 0. The van der Waals surface area contributed by atoms with E-state index in [2.05, 4.69) is 4.98 Å². The molecular weight excluding hydrogens is 230 g/mol. The molecule has 0 bridgehead atoms. The average molecular weight is 243 g/mol. The maximum absolute atomic E-state index is 11.9. The topological polar surface area (TPSA) is 59.2 Å². The fourth-order valence-corrected chi connectivity index (χ4v) is 1.61. The minimum Gasteiger partial charge on any atom is -0.483 e. The van der Waals surface area contributed by atoms with Crippen molar-refractivity contribution in [2.24, 2.45) is 0 Å². The van der Waals surface area contributed by atoms with Crippen LogP contribution in [0.4, 0.5) is 0 Å². The fraction of sp³-hybridized carbons (Fsp3) is 0.143. The fourth-order valence-electron chi connectivity index (χ4n) is 1.61. The van der Waals surface area contributed by atoms with E-state index < -0.39 is 0 Å². The smallest absolute Gasteiger partial charge is 0.234 e. The molecule has 92 valence electrons. The number of H-pyrrole nitrogens is 1. The SMILES string of the molecule is Cc1[nH]cc(C=O)c(=O)c1OCc1ccccc1. The molecule has 0 amide bonds. The number of carbonyl (C=O) groups excluding carboxylic acids is 1. The Morgan fingerprint density at radius 3 is 2.67 bits per heavy atom. The molecule has 0 saturated heterocycles. The van der Waals surface area contributed by atoms with Crippen molar-refractivity contribution >= 4 is 6.29 Å². The molecule has 1 N–H and O–H groups in total. The van der Waals surface area contributed by atoms with Gasteiger partial charge in [0.1, 0.15) is 6.61 Å². The summed E-state index contributed by atoms with van der Waals surface area (Å²) in [4.78, 5) is 25.4. The monoisotopic (exact) mass is 243 g/mol. The molecule has 1 heterocycles. The second-order valence-electron chi connectivity index (χ2n) is 3.92. The molecular formula is C14H13NO3. The van der Waals surface area contributed by atoms with Gasteiger partial charge in [0.15, 0.2) is 12.0 Å². The van der Waals surface area contributed by atoms with E-state index in [1.807, 2.05) is 30.3 Å². The molecule has 4 nitrogen and oxygen atoms in total. The zero-order valence-corrected chi connectivity index (χ0v) is 9.97. The van der Waals surface area contributed by atoms with Gasteiger partial charge in [-0.05, 0) is 12.5 Å². The van der Waals surface area contributed by atoms with Gasteiger partial charge in [0, 0.05) is 6.20 Å². The number of ether oxygens (including phenoxy) is 1. The third-order valence-corrected chi connectivity index (χ3v) is 2.61. The third kappa shape index (κ3) is 2.48. The Hall–Kier alpha value is -2.36. The van der Waals surface area contributed by atoms with Crippen molar-refractivity contribution in [3.05, 3.63) is 63.6 Å². The second kappa shape index (κ2) is 5.31. The van der Waals surface area contributed by atoms with E-state index in [0.717, 1.165) is 5.56 Å². The van der Waals surface area contributed by atoms with E-state index in [1.54, 1.807) is 6.92 Å². The molecule has 2 rings (SSSR count). The van der Waals surface area contributed by atoms with E-state index >= 15 is 0 Å². The molecule has 4 heteroatoms. The highest BCUT2D eigenvalue weighted by Gasteiger charge is 2.09. The Labute approximate surface area is 104 Å². The summed E-state index contributed by atoms with van der Waals surface area (Å²) in [6.45, 7) is 2.03. The number of aromatic nitrogens is 1. The lowest BCUT2D eigenvalue weighted by molar-refractivity contribution is 0.112. The Balaban J connectivity index is 2.24. The van der Waals surface area contributed by atoms with Crippen LogP contribution in [0.1, 0.15) is 21.6 Å². The molecule has 0 aliphatic carbocycles. The highest BCUT2D eigenvalue weighted by atomic mass is 16.5. The van der Waals surface area contributed by atoms with Gasteiger partial charge in [-0.3, -0.25) is 9.59 Å². The van der Waals surface area contributed by atoms with Gasteiger partial charge >= 0.3 is 0 Å². The van der Waals surface area contributed by atoms with Crippen LogP contribution in [-0.2, 0) is 6.61 Å². The standard InChI is InChI=1S/C14H13NO3/c1-10-14(13(17)12(8-16)7-15-10)18-9-11-5-3-2-4-6-11/h2-8H,9H2,1H3,(H,15,17). The summed E-state index contributed by atoms with van der Waals surface area (Å²) in [5.41, 5.74) is 1.27. The van der Waals surface area contributed by atoms with Gasteiger partial charge in [0.25, 0.3) is 0 Å². The molecule has 2 aromatic rings. The number of hydrogen-bond acceptors (Lipinski definition) is 3. The third-order valence-electron chi connectivity index (χ3n) is 2.61. The summed E-state index contributed by atoms with van der Waals surface area (Å²) in [6, 6.07) is 9.53. The molecule has 0 radical (unpaired) electrons.